The summed E-state index contributed by atoms with van der Waals surface area (Å²) in [6.45, 7) is 6.28. The summed E-state index contributed by atoms with van der Waals surface area (Å²) in [7, 11) is 0. The SMILES string of the molecule is CC(C)C(C)C1(F)OC(F)(F)OC1C. The van der Waals surface area contributed by atoms with Crippen molar-refractivity contribution in [3.05, 3.63) is 0 Å². The van der Waals surface area contributed by atoms with Gasteiger partial charge in [0.1, 0.15) is 6.10 Å². The number of rotatable bonds is 2. The van der Waals surface area contributed by atoms with Gasteiger partial charge in [0.15, 0.2) is 0 Å². The molecule has 1 aliphatic rings. The molecule has 1 saturated heterocycles. The highest BCUT2D eigenvalue weighted by Crippen LogP contribution is 2.45. The monoisotopic (exact) mass is 212 g/mol. The van der Waals surface area contributed by atoms with E-state index in [4.69, 9.17) is 0 Å². The maximum Gasteiger partial charge on any atom is 0.488 e. The van der Waals surface area contributed by atoms with Crippen LogP contribution in [0.25, 0.3) is 0 Å². The minimum absolute atomic E-state index is 0.0973. The molecule has 3 unspecified atom stereocenters. The minimum Gasteiger partial charge on any atom is -0.287 e. The Morgan fingerprint density at radius 1 is 1.14 bits per heavy atom. The molecular formula is C9H15F3O2. The third-order valence-corrected chi connectivity index (χ3v) is 2.76. The zero-order valence-corrected chi connectivity index (χ0v) is 8.68. The number of hydrogen-bond acceptors (Lipinski definition) is 2. The Morgan fingerprint density at radius 2 is 1.64 bits per heavy atom. The van der Waals surface area contributed by atoms with E-state index in [-0.39, 0.29) is 5.92 Å². The number of alkyl halides is 3. The molecule has 0 radical (unpaired) electrons. The lowest BCUT2D eigenvalue weighted by Gasteiger charge is -2.30. The first kappa shape index (κ1) is 11.8. The van der Waals surface area contributed by atoms with Crippen LogP contribution in [0.2, 0.25) is 0 Å². The molecule has 84 valence electrons. The lowest BCUT2D eigenvalue weighted by Crippen LogP contribution is -2.42. The molecule has 1 rings (SSSR count). The van der Waals surface area contributed by atoms with Crippen LogP contribution in [0.5, 0.6) is 0 Å². The quantitative estimate of drug-likeness (QED) is 0.700. The van der Waals surface area contributed by atoms with E-state index in [9.17, 15) is 13.2 Å². The third-order valence-electron chi connectivity index (χ3n) is 2.76. The second kappa shape index (κ2) is 3.38. The maximum atomic E-state index is 14.0. The van der Waals surface area contributed by atoms with Crippen LogP contribution in [0.3, 0.4) is 0 Å². The average Bonchev–Trinajstić information content (AvgIpc) is 2.20. The van der Waals surface area contributed by atoms with Crippen LogP contribution in [-0.2, 0) is 9.47 Å². The molecular weight excluding hydrogens is 197 g/mol. The summed E-state index contributed by atoms with van der Waals surface area (Å²) in [6, 6.07) is 0. The molecule has 1 fully saturated rings. The lowest BCUT2D eigenvalue weighted by molar-refractivity contribution is -0.374. The largest absolute Gasteiger partial charge is 0.488 e. The fourth-order valence-electron chi connectivity index (χ4n) is 1.49. The maximum absolute atomic E-state index is 14.0. The molecule has 0 spiro atoms. The van der Waals surface area contributed by atoms with Gasteiger partial charge in [-0.2, -0.15) is 0 Å². The van der Waals surface area contributed by atoms with Gasteiger partial charge in [-0.05, 0) is 12.8 Å². The van der Waals surface area contributed by atoms with E-state index in [1.54, 1.807) is 13.8 Å². The Balaban J connectivity index is 2.85. The van der Waals surface area contributed by atoms with E-state index < -0.39 is 24.2 Å². The molecule has 0 aromatic carbocycles. The van der Waals surface area contributed by atoms with Crippen molar-refractivity contribution in [1.82, 2.24) is 0 Å². The van der Waals surface area contributed by atoms with Gasteiger partial charge in [-0.1, -0.05) is 20.8 Å². The van der Waals surface area contributed by atoms with E-state index in [1.807, 2.05) is 0 Å². The molecule has 0 N–H and O–H groups in total. The Morgan fingerprint density at radius 3 is 1.93 bits per heavy atom. The second-order valence-electron chi connectivity index (χ2n) is 4.06. The van der Waals surface area contributed by atoms with E-state index in [0.29, 0.717) is 0 Å². The standard InChI is InChI=1S/C9H15F3O2/c1-5(2)6(3)8(10)7(4)13-9(11,12)14-8/h5-7H,1-4H3. The van der Waals surface area contributed by atoms with Crippen molar-refractivity contribution in [1.29, 1.82) is 0 Å². The van der Waals surface area contributed by atoms with Gasteiger partial charge in [0.25, 0.3) is 0 Å². The highest BCUT2D eigenvalue weighted by atomic mass is 19.3. The lowest BCUT2D eigenvalue weighted by atomic mass is 9.88. The van der Waals surface area contributed by atoms with Crippen LogP contribution in [0.15, 0.2) is 0 Å². The molecule has 2 nitrogen and oxygen atoms in total. The van der Waals surface area contributed by atoms with E-state index >= 15 is 0 Å². The molecule has 0 aromatic heterocycles. The van der Waals surface area contributed by atoms with Gasteiger partial charge in [0, 0.05) is 5.92 Å². The first-order valence-electron chi connectivity index (χ1n) is 4.64. The summed E-state index contributed by atoms with van der Waals surface area (Å²) in [5.74, 6) is -3.15. The third kappa shape index (κ3) is 1.88. The predicted octanol–water partition coefficient (Wildman–Crippen LogP) is 2.93. The van der Waals surface area contributed by atoms with Gasteiger partial charge in [-0.25, -0.2) is 4.39 Å². The van der Waals surface area contributed by atoms with Crippen molar-refractivity contribution >= 4 is 0 Å². The summed E-state index contributed by atoms with van der Waals surface area (Å²) < 4.78 is 47.4. The molecule has 0 saturated carbocycles. The Hall–Kier alpha value is -0.290. The van der Waals surface area contributed by atoms with Crippen molar-refractivity contribution in [3.63, 3.8) is 0 Å². The number of halogens is 3. The van der Waals surface area contributed by atoms with Gasteiger partial charge < -0.3 is 0 Å². The van der Waals surface area contributed by atoms with Crippen LogP contribution in [0.4, 0.5) is 13.2 Å². The molecule has 1 aliphatic heterocycles. The first-order valence-corrected chi connectivity index (χ1v) is 4.64. The zero-order valence-electron chi connectivity index (χ0n) is 8.68. The molecule has 1 heterocycles. The molecule has 0 aliphatic carbocycles. The summed E-state index contributed by atoms with van der Waals surface area (Å²) >= 11 is 0. The van der Waals surface area contributed by atoms with Crippen molar-refractivity contribution in [2.24, 2.45) is 11.8 Å². The van der Waals surface area contributed by atoms with E-state index in [1.165, 1.54) is 13.8 Å². The van der Waals surface area contributed by atoms with Crippen LogP contribution in [-0.4, -0.2) is 18.3 Å². The van der Waals surface area contributed by atoms with E-state index in [2.05, 4.69) is 9.47 Å². The molecule has 0 bridgehead atoms. The fraction of sp³-hybridized carbons (Fsp3) is 1.00. The highest BCUT2D eigenvalue weighted by molar-refractivity contribution is 4.87. The molecule has 0 aromatic rings. The topological polar surface area (TPSA) is 18.5 Å². The number of hydrogen-bond donors (Lipinski definition) is 0. The normalized spacial score (nSPS) is 39.0. The predicted molar refractivity (Wildman–Crippen MR) is 44.4 cm³/mol. The molecule has 14 heavy (non-hydrogen) atoms. The van der Waals surface area contributed by atoms with Crippen molar-refractivity contribution < 1.29 is 22.6 Å². The molecule has 0 amide bonds. The summed E-state index contributed by atoms with van der Waals surface area (Å²) in [5.41, 5.74) is 0. The second-order valence-corrected chi connectivity index (χ2v) is 4.06. The van der Waals surface area contributed by atoms with Crippen LogP contribution >= 0.6 is 0 Å². The Labute approximate surface area is 81.4 Å². The fourth-order valence-corrected chi connectivity index (χ4v) is 1.49. The summed E-state index contributed by atoms with van der Waals surface area (Å²) in [4.78, 5) is 0. The van der Waals surface area contributed by atoms with Gasteiger partial charge in [0.2, 0.25) is 5.85 Å². The summed E-state index contributed by atoms with van der Waals surface area (Å²) in [6.07, 6.45) is -5.06. The highest BCUT2D eigenvalue weighted by Gasteiger charge is 2.61. The van der Waals surface area contributed by atoms with Crippen molar-refractivity contribution in [2.45, 2.75) is 45.9 Å². The Bertz CT molecular complexity index is 220. The molecule has 5 heteroatoms. The minimum atomic E-state index is -3.81. The smallest absolute Gasteiger partial charge is 0.287 e. The number of ether oxygens (including phenoxy) is 2. The van der Waals surface area contributed by atoms with Gasteiger partial charge in [-0.15, -0.1) is 8.78 Å². The van der Waals surface area contributed by atoms with Gasteiger partial charge >= 0.3 is 6.29 Å². The van der Waals surface area contributed by atoms with Crippen molar-refractivity contribution in [3.8, 4) is 0 Å². The van der Waals surface area contributed by atoms with Crippen LogP contribution in [0, 0.1) is 11.8 Å². The zero-order chi connectivity index (χ0) is 11.1. The Kier molecular flexibility index (Phi) is 2.84. The summed E-state index contributed by atoms with van der Waals surface area (Å²) in [5, 5.41) is 0. The van der Waals surface area contributed by atoms with Crippen LogP contribution < -0.4 is 0 Å². The van der Waals surface area contributed by atoms with Gasteiger partial charge in [0.05, 0.1) is 0 Å². The molecule has 3 atom stereocenters. The van der Waals surface area contributed by atoms with Gasteiger partial charge in [-0.3, -0.25) is 9.47 Å². The van der Waals surface area contributed by atoms with E-state index in [0.717, 1.165) is 0 Å². The first-order chi connectivity index (χ1) is 6.19. The van der Waals surface area contributed by atoms with Crippen LogP contribution in [0.1, 0.15) is 27.7 Å². The average molecular weight is 212 g/mol. The van der Waals surface area contributed by atoms with Crippen molar-refractivity contribution in [2.75, 3.05) is 0 Å².